The number of fused-ring (bicyclic) bond motifs is 1. The SMILES string of the molecule is CC.CC.CCC(=O)CC1C(=O)C(C)(C)c2cc(C)c(C)cc21. The van der Waals surface area contributed by atoms with Crippen LogP contribution in [0.2, 0.25) is 0 Å². The first kappa shape index (κ1) is 21.6. The van der Waals surface area contributed by atoms with Crippen LogP contribution in [0.3, 0.4) is 0 Å². The average molecular weight is 319 g/mol. The third-order valence-electron chi connectivity index (χ3n) is 4.47. The van der Waals surface area contributed by atoms with Crippen LogP contribution in [-0.4, -0.2) is 11.6 Å². The molecule has 1 aromatic rings. The Kier molecular flexibility index (Phi) is 8.44. The van der Waals surface area contributed by atoms with E-state index in [0.29, 0.717) is 12.8 Å². The molecule has 0 fully saturated rings. The molecule has 1 atom stereocenters. The van der Waals surface area contributed by atoms with E-state index < -0.39 is 5.41 Å². The van der Waals surface area contributed by atoms with Gasteiger partial charge >= 0.3 is 0 Å². The van der Waals surface area contributed by atoms with Crippen LogP contribution in [0.4, 0.5) is 0 Å². The van der Waals surface area contributed by atoms with Gasteiger partial charge in [0.25, 0.3) is 0 Å². The maximum Gasteiger partial charge on any atom is 0.150 e. The molecule has 23 heavy (non-hydrogen) atoms. The minimum atomic E-state index is -0.466. The van der Waals surface area contributed by atoms with Crippen LogP contribution in [-0.2, 0) is 15.0 Å². The van der Waals surface area contributed by atoms with Gasteiger partial charge in [0.1, 0.15) is 5.78 Å². The maximum absolute atomic E-state index is 12.6. The lowest BCUT2D eigenvalue weighted by Gasteiger charge is -2.18. The fourth-order valence-electron chi connectivity index (χ4n) is 2.95. The summed E-state index contributed by atoms with van der Waals surface area (Å²) in [4.78, 5) is 24.3. The van der Waals surface area contributed by atoms with Crippen molar-refractivity contribution in [2.75, 3.05) is 0 Å². The molecule has 0 bridgehead atoms. The first-order chi connectivity index (χ1) is 10.8. The van der Waals surface area contributed by atoms with Crippen LogP contribution in [0, 0.1) is 13.8 Å². The van der Waals surface area contributed by atoms with E-state index in [-0.39, 0.29) is 17.5 Å². The monoisotopic (exact) mass is 318 g/mol. The highest BCUT2D eigenvalue weighted by Crippen LogP contribution is 2.45. The summed E-state index contributed by atoms with van der Waals surface area (Å²) in [5.74, 6) is 0.117. The molecule has 130 valence electrons. The van der Waals surface area contributed by atoms with Crippen LogP contribution in [0.25, 0.3) is 0 Å². The van der Waals surface area contributed by atoms with E-state index in [0.717, 1.165) is 11.1 Å². The molecular formula is C21H34O2. The highest BCUT2D eigenvalue weighted by atomic mass is 16.1. The van der Waals surface area contributed by atoms with Gasteiger partial charge in [-0.25, -0.2) is 0 Å². The van der Waals surface area contributed by atoms with E-state index in [9.17, 15) is 9.59 Å². The largest absolute Gasteiger partial charge is 0.300 e. The van der Waals surface area contributed by atoms with Gasteiger partial charge in [-0.2, -0.15) is 0 Å². The van der Waals surface area contributed by atoms with Gasteiger partial charge in [0.05, 0.1) is 5.92 Å². The Morgan fingerprint density at radius 2 is 1.52 bits per heavy atom. The van der Waals surface area contributed by atoms with Crippen molar-refractivity contribution in [2.24, 2.45) is 0 Å². The van der Waals surface area contributed by atoms with Gasteiger partial charge in [0.15, 0.2) is 5.78 Å². The molecule has 1 aliphatic rings. The lowest BCUT2D eigenvalue weighted by molar-refractivity contribution is -0.127. The van der Waals surface area contributed by atoms with E-state index in [2.05, 4.69) is 26.0 Å². The molecule has 2 heteroatoms. The van der Waals surface area contributed by atoms with Gasteiger partial charge in [-0.3, -0.25) is 9.59 Å². The third-order valence-corrected chi connectivity index (χ3v) is 4.47. The normalized spacial score (nSPS) is 17.4. The van der Waals surface area contributed by atoms with Gasteiger partial charge in [-0.05, 0) is 49.9 Å². The zero-order chi connectivity index (χ0) is 18.4. The zero-order valence-electron chi connectivity index (χ0n) is 16.5. The van der Waals surface area contributed by atoms with E-state index in [1.807, 2.05) is 48.5 Å². The topological polar surface area (TPSA) is 34.1 Å². The predicted molar refractivity (Wildman–Crippen MR) is 99.3 cm³/mol. The van der Waals surface area contributed by atoms with Crippen molar-refractivity contribution in [1.29, 1.82) is 0 Å². The van der Waals surface area contributed by atoms with Gasteiger partial charge in [0.2, 0.25) is 0 Å². The number of aryl methyl sites for hydroxylation is 2. The Hall–Kier alpha value is -1.44. The first-order valence-electron chi connectivity index (χ1n) is 8.96. The summed E-state index contributed by atoms with van der Waals surface area (Å²) in [7, 11) is 0. The van der Waals surface area contributed by atoms with Crippen LogP contribution in [0.5, 0.6) is 0 Å². The molecule has 0 heterocycles. The first-order valence-corrected chi connectivity index (χ1v) is 8.96. The Morgan fingerprint density at radius 3 is 2.00 bits per heavy atom. The van der Waals surface area contributed by atoms with Crippen LogP contribution in [0.1, 0.15) is 89.5 Å². The minimum Gasteiger partial charge on any atom is -0.300 e. The lowest BCUT2D eigenvalue weighted by Crippen LogP contribution is -2.26. The fourth-order valence-corrected chi connectivity index (χ4v) is 2.95. The van der Waals surface area contributed by atoms with Crippen molar-refractivity contribution < 1.29 is 9.59 Å². The van der Waals surface area contributed by atoms with Gasteiger partial charge in [0, 0.05) is 18.3 Å². The lowest BCUT2D eigenvalue weighted by atomic mass is 9.83. The number of hydrogen-bond donors (Lipinski definition) is 0. The summed E-state index contributed by atoms with van der Waals surface area (Å²) in [5, 5.41) is 0. The van der Waals surface area contributed by atoms with Gasteiger partial charge in [-0.1, -0.05) is 46.8 Å². The van der Waals surface area contributed by atoms with Crippen molar-refractivity contribution in [1.82, 2.24) is 0 Å². The van der Waals surface area contributed by atoms with E-state index in [4.69, 9.17) is 0 Å². The Balaban J connectivity index is 0.00000112. The van der Waals surface area contributed by atoms with Gasteiger partial charge in [-0.15, -0.1) is 0 Å². The van der Waals surface area contributed by atoms with Crippen molar-refractivity contribution >= 4 is 11.6 Å². The predicted octanol–water partition coefficient (Wildman–Crippen LogP) is 5.67. The molecule has 0 N–H and O–H groups in total. The fraction of sp³-hybridized carbons (Fsp3) is 0.619. The quantitative estimate of drug-likeness (QED) is 0.719. The van der Waals surface area contributed by atoms with E-state index in [1.165, 1.54) is 11.1 Å². The third kappa shape index (κ3) is 4.31. The summed E-state index contributed by atoms with van der Waals surface area (Å²) in [5.41, 5.74) is 4.11. The summed E-state index contributed by atoms with van der Waals surface area (Å²) >= 11 is 0. The number of rotatable bonds is 3. The Morgan fingerprint density at radius 1 is 1.04 bits per heavy atom. The molecule has 1 aliphatic carbocycles. The van der Waals surface area contributed by atoms with E-state index in [1.54, 1.807) is 0 Å². The van der Waals surface area contributed by atoms with Crippen molar-refractivity contribution in [2.45, 2.75) is 86.5 Å². The summed E-state index contributed by atoms with van der Waals surface area (Å²) in [6.45, 7) is 17.9. The second-order valence-corrected chi connectivity index (χ2v) is 6.16. The van der Waals surface area contributed by atoms with Crippen molar-refractivity contribution in [3.8, 4) is 0 Å². The second kappa shape index (κ2) is 9.00. The smallest absolute Gasteiger partial charge is 0.150 e. The molecule has 0 aliphatic heterocycles. The summed E-state index contributed by atoms with van der Waals surface area (Å²) in [6.07, 6.45) is 0.860. The summed E-state index contributed by atoms with van der Waals surface area (Å²) < 4.78 is 0. The molecular weight excluding hydrogens is 284 g/mol. The Bertz CT molecular complexity index is 553. The van der Waals surface area contributed by atoms with Crippen LogP contribution in [0.15, 0.2) is 12.1 Å². The Labute approximate surface area is 142 Å². The average Bonchev–Trinajstić information content (AvgIpc) is 2.73. The standard InChI is InChI=1S/C17H22O2.2C2H6/c1-6-12(18)9-14-13-7-10(2)11(3)8-15(13)17(4,5)16(14)19;2*1-2/h7-8,14H,6,9H2,1-5H3;2*1-2H3. The number of hydrogen-bond acceptors (Lipinski definition) is 2. The van der Waals surface area contributed by atoms with Crippen molar-refractivity contribution in [3.63, 3.8) is 0 Å². The molecule has 1 aromatic carbocycles. The molecule has 1 unspecified atom stereocenters. The zero-order valence-corrected chi connectivity index (χ0v) is 16.5. The molecule has 0 saturated heterocycles. The molecule has 0 aromatic heterocycles. The van der Waals surface area contributed by atoms with E-state index >= 15 is 0 Å². The van der Waals surface area contributed by atoms with Crippen LogP contribution < -0.4 is 0 Å². The second-order valence-electron chi connectivity index (χ2n) is 6.16. The molecule has 0 radical (unpaired) electrons. The van der Waals surface area contributed by atoms with Crippen molar-refractivity contribution in [3.05, 3.63) is 34.4 Å². The highest BCUT2D eigenvalue weighted by molar-refractivity contribution is 6.02. The van der Waals surface area contributed by atoms with Gasteiger partial charge < -0.3 is 0 Å². The maximum atomic E-state index is 12.6. The van der Waals surface area contributed by atoms with Crippen LogP contribution >= 0.6 is 0 Å². The highest BCUT2D eigenvalue weighted by Gasteiger charge is 2.45. The number of benzene rings is 1. The molecule has 2 rings (SSSR count). The summed E-state index contributed by atoms with van der Waals surface area (Å²) in [6, 6.07) is 4.23. The minimum absolute atomic E-state index is 0.167. The molecule has 2 nitrogen and oxygen atoms in total. The molecule has 0 spiro atoms. The number of carbonyl (C=O) groups is 2. The number of carbonyl (C=O) groups excluding carboxylic acids is 2. The number of ketones is 2. The molecule has 0 saturated carbocycles. The molecule has 0 amide bonds. The number of Topliss-reactive ketones (excluding diaryl/α,β-unsaturated/α-hetero) is 2.